The van der Waals surface area contributed by atoms with E-state index in [2.05, 4.69) is 111 Å². The number of nitrogens with two attached hydrogens (primary N) is 4. The first kappa shape index (κ1) is 103. The van der Waals surface area contributed by atoms with E-state index >= 15 is 0 Å². The van der Waals surface area contributed by atoms with Gasteiger partial charge in [-0.1, -0.05) is 12.1 Å². The molecular formula is C72H57N33Na2O24S8. The molecule has 14 rings (SSSR count). The molecule has 6 aromatic heterocycles. The van der Waals surface area contributed by atoms with Crippen molar-refractivity contribution in [1.29, 1.82) is 0 Å². The van der Waals surface area contributed by atoms with E-state index in [0.29, 0.717) is 0 Å². The van der Waals surface area contributed by atoms with Gasteiger partial charge in [-0.2, -0.15) is 97.0 Å². The third kappa shape index (κ3) is 24.1. The van der Waals surface area contributed by atoms with Crippen molar-refractivity contribution in [3.63, 3.8) is 0 Å². The third-order valence-corrected chi connectivity index (χ3v) is 28.5. The van der Waals surface area contributed by atoms with E-state index < -0.39 is 225 Å². The molecule has 0 aliphatic heterocycles. The molecule has 57 nitrogen and oxygen atoms in total. The van der Waals surface area contributed by atoms with E-state index in [-0.39, 0.29) is 127 Å². The number of anilines is 8. The van der Waals surface area contributed by atoms with Crippen LogP contribution in [0.15, 0.2) is 295 Å². The number of aromatic nitrogens is 12. The zero-order chi connectivity index (χ0) is 98.8. The third-order valence-electron chi connectivity index (χ3n) is 17.9. The van der Waals surface area contributed by atoms with Crippen LogP contribution in [-0.4, -0.2) is 156 Å². The normalized spacial score (nSPS) is 12.5. The van der Waals surface area contributed by atoms with Gasteiger partial charge in [0.2, 0.25) is 47.3 Å². The van der Waals surface area contributed by atoms with Gasteiger partial charge in [-0.3, -0.25) is 9.11 Å². The molecule has 0 aliphatic rings. The molecule has 139 heavy (non-hydrogen) atoms. The maximum atomic E-state index is 13.6. The average molecular weight is 2070 g/mol. The van der Waals surface area contributed by atoms with E-state index in [1.54, 1.807) is 4.13 Å². The van der Waals surface area contributed by atoms with Gasteiger partial charge < -0.3 is 53.6 Å². The minimum absolute atomic E-state index is 0. The maximum Gasteiger partial charge on any atom is 1.00 e. The largest absolute Gasteiger partial charge is 1.00 e. The summed E-state index contributed by atoms with van der Waals surface area (Å²) >= 11 is 0. The first-order chi connectivity index (χ1) is 64.5. The van der Waals surface area contributed by atoms with E-state index in [0.717, 1.165) is 131 Å². The van der Waals surface area contributed by atoms with Gasteiger partial charge in [0.15, 0.2) is 46.0 Å². The fourth-order valence-corrected chi connectivity index (χ4v) is 19.0. The average Bonchev–Trinajstić information content (AvgIpc) is 1.76. The van der Waals surface area contributed by atoms with Gasteiger partial charge in [0.25, 0.3) is 80.4 Å². The Kier molecular flexibility index (Phi) is 30.0. The minimum Gasteiger partial charge on any atom is -0.857 e. The predicted molar refractivity (Wildman–Crippen MR) is 472 cm³/mol. The molecule has 0 amide bonds. The molecule has 8 aromatic carbocycles. The molecule has 14 aromatic rings. The molecule has 0 bridgehead atoms. The molecule has 0 radical (unpaired) electrons. The summed E-state index contributed by atoms with van der Waals surface area (Å²) in [6.45, 7) is 2.87. The summed E-state index contributed by atoms with van der Waals surface area (Å²) in [6.07, 6.45) is 0. The van der Waals surface area contributed by atoms with E-state index in [4.69, 9.17) is 22.9 Å². The first-order valence-corrected chi connectivity index (χ1v) is 48.9. The van der Waals surface area contributed by atoms with Crippen LogP contribution in [0, 0.1) is 13.8 Å². The van der Waals surface area contributed by atoms with Crippen LogP contribution in [-0.2, 0) is 80.4 Å². The number of azo groups is 6. The van der Waals surface area contributed by atoms with Crippen molar-refractivity contribution in [3.05, 3.63) is 206 Å². The number of benzene rings is 8. The second kappa shape index (κ2) is 40.6. The Bertz CT molecular complexity index is 7850. The van der Waals surface area contributed by atoms with Gasteiger partial charge in [0, 0.05) is 11.8 Å². The predicted octanol–water partition coefficient (Wildman–Crippen LogP) is 3.00. The fraction of sp³-hybridized carbons (Fsp3) is 0.0278. The van der Waals surface area contributed by atoms with Crippen molar-refractivity contribution in [2.24, 2.45) is 61.4 Å². The molecule has 704 valence electrons. The topological polar surface area (TPSA) is 892 Å². The van der Waals surface area contributed by atoms with Crippen molar-refractivity contribution in [2.45, 2.75) is 53.0 Å². The van der Waals surface area contributed by atoms with Gasteiger partial charge in [0.1, 0.15) is 11.4 Å². The number of aryl methyl sites for hydroxylation is 2. The summed E-state index contributed by atoms with van der Waals surface area (Å²) in [5.41, 5.74) is 21.0. The molecule has 6 heterocycles. The second-order valence-electron chi connectivity index (χ2n) is 27.3. The molecular weight excluding hydrogens is 2010 g/mol. The van der Waals surface area contributed by atoms with Gasteiger partial charge >= 0.3 is 59.1 Å². The van der Waals surface area contributed by atoms with E-state index in [1.807, 2.05) is 18.9 Å². The summed E-state index contributed by atoms with van der Waals surface area (Å²) in [7, 11) is -37.0. The molecule has 0 saturated carbocycles. The molecule has 67 heteroatoms. The van der Waals surface area contributed by atoms with Crippen LogP contribution in [0.5, 0.6) is 35.3 Å². The quantitative estimate of drug-likeness (QED) is 0.0164. The van der Waals surface area contributed by atoms with Crippen LogP contribution in [0.3, 0.4) is 0 Å². The molecule has 0 atom stereocenters. The fourth-order valence-electron chi connectivity index (χ4n) is 11.3. The monoisotopic (exact) mass is 2070 g/mol. The Hall–Kier alpha value is -15.2. The second-order valence-corrected chi connectivity index (χ2v) is 40.5. The van der Waals surface area contributed by atoms with Gasteiger partial charge in [-0.25, -0.2) is 79.4 Å². The number of hydrogen-bond acceptors (Lipinski definition) is 48. The first-order valence-electron chi connectivity index (χ1n) is 37.1. The van der Waals surface area contributed by atoms with Crippen molar-refractivity contribution in [3.8, 4) is 46.7 Å². The SMILES string of the molecule is Cc1nn(-c2ccc(S(=O)(=O)NS(=O)(=O)c3ccc(-n4nc(C)c(N=Nc5ccc(S(=O)(=O)Nc6nc(N)c(N=Nc7ccc(S(=O)(=O)Nc8nc(N)c(N=Nc9cccc(S(=O)(=O)O)c9)c(O)n8)cc7)c([O-])n6)cc5)c4O)cc3)cc2)c(O)c1N=Nc1ccc(S(=O)(=O)Nc2nc(N)c(N=Nc3ccc(S(=O)(=O)Nc4nc(N)c(N=Nc5cccc(S(=O)(=O)O)c5)c(O)n4)cc3)c([O-])n2)cc1.[Na+].[Na+]. The number of hydrogen-bond donors (Lipinski definition) is 15. The summed E-state index contributed by atoms with van der Waals surface area (Å²) in [5, 5.41) is 124. The van der Waals surface area contributed by atoms with Gasteiger partial charge in [0.05, 0.1) is 96.1 Å². The summed E-state index contributed by atoms with van der Waals surface area (Å²) in [5.74, 6) is -10.8. The minimum atomic E-state index is -4.87. The molecule has 0 fully saturated rings. The standard InChI is InChI=1S/C72H59N33O24S8.2Na/c1-35-53(91-85-37-9-21-45(22-10-37)130(112,113)99-69-77-59(73)55(63(106)81-69)93-87-39-13-25-47(26-14-39)132(116,117)101-71-79-61(75)57(65(108)83-71)95-89-41-5-3-7-51(33-41)136(124,125)126)67(110)104(97-35)43-17-29-49(30-18-43)134(120,121)103-135(122,123)50-31-19-44(20-32-50)105-68(111)54(36(2)98-105)92-86-38-11-23-46(24-12-38)131(114,115)100-70-78-60(74)56(64(107)82-70)94-88-40-15-27-48(28-16-40)133(118,119)102-72-80-62(76)58(66(109)84-72)96-90-42-6-4-8-52(34-42)137(127,128)129;;/h3-34,103,110-111H,1-2H3,(H,124,125,126)(H,127,128,129)(H4,73,77,81,99,106)(H4,74,78,82,100,107)(H4,75,79,83,101,108)(H4,76,80,84,102,109);;/q;2*+1/p-2. The number of nitrogens with one attached hydrogen (secondary N) is 5. The Morgan fingerprint density at radius 2 is 0.525 bits per heavy atom. The summed E-state index contributed by atoms with van der Waals surface area (Å²) in [4.78, 5) is 25.9. The Balaban J connectivity index is 0.00000865. The van der Waals surface area contributed by atoms with Crippen LogP contribution in [0.4, 0.5) is 115 Å². The zero-order valence-corrected chi connectivity index (χ0v) is 80.8. The Morgan fingerprint density at radius 1 is 0.288 bits per heavy atom. The molecule has 19 N–H and O–H groups in total. The Morgan fingerprint density at radius 3 is 0.791 bits per heavy atom. The number of aromatic hydroxyl groups is 4. The van der Waals surface area contributed by atoms with Crippen molar-refractivity contribution >= 4 is 196 Å². The van der Waals surface area contributed by atoms with Crippen LogP contribution >= 0.6 is 0 Å². The van der Waals surface area contributed by atoms with Crippen LogP contribution in [0.2, 0.25) is 0 Å². The zero-order valence-electron chi connectivity index (χ0n) is 70.3. The Labute approximate surface area is 826 Å². The van der Waals surface area contributed by atoms with Crippen LogP contribution in [0.1, 0.15) is 11.4 Å². The molecule has 0 spiro atoms. The van der Waals surface area contributed by atoms with Crippen molar-refractivity contribution in [1.82, 2.24) is 63.6 Å². The summed E-state index contributed by atoms with van der Waals surface area (Å²) in [6, 6.07) is 35.9. The summed E-state index contributed by atoms with van der Waals surface area (Å²) < 4.78 is 237. The van der Waals surface area contributed by atoms with Crippen LogP contribution < -0.4 is 115 Å². The molecule has 0 unspecified atom stereocenters. The van der Waals surface area contributed by atoms with E-state index in [9.17, 15) is 107 Å². The van der Waals surface area contributed by atoms with Crippen LogP contribution in [0.25, 0.3) is 11.4 Å². The maximum absolute atomic E-state index is 13.6. The number of rotatable bonds is 32. The van der Waals surface area contributed by atoms with E-state index in [1.165, 1.54) is 86.6 Å². The molecule has 0 aliphatic carbocycles. The molecule has 0 saturated heterocycles. The number of nitrogens with zero attached hydrogens (tertiary/aromatic N) is 24. The van der Waals surface area contributed by atoms with Crippen molar-refractivity contribution in [2.75, 3.05) is 41.8 Å². The smallest absolute Gasteiger partial charge is 0.857 e. The van der Waals surface area contributed by atoms with Gasteiger partial charge in [-0.05, 0) is 196 Å². The van der Waals surface area contributed by atoms with Crippen molar-refractivity contribution < 1.29 is 166 Å². The number of nitrogen functional groups attached to an aromatic ring is 4. The number of sulfonamides is 6. The van der Waals surface area contributed by atoms with Gasteiger partial charge in [-0.15, -0.1) is 34.8 Å².